The third kappa shape index (κ3) is 1.82. The summed E-state index contributed by atoms with van der Waals surface area (Å²) in [5, 5.41) is 3.68. The normalized spacial score (nSPS) is 35.6. The Balaban J connectivity index is 1.88. The molecule has 1 heterocycles. The molecule has 3 rings (SSSR count). The molecule has 3 N–H and O–H groups in total. The van der Waals surface area contributed by atoms with E-state index < -0.39 is 0 Å². The number of nitrogens with two attached hydrogens (primary N) is 1. The first-order valence-electron chi connectivity index (χ1n) is 7.31. The second kappa shape index (κ2) is 3.87. The van der Waals surface area contributed by atoms with Crippen LogP contribution in [0.1, 0.15) is 45.6 Å². The van der Waals surface area contributed by atoms with Gasteiger partial charge in [0.2, 0.25) is 0 Å². The van der Waals surface area contributed by atoms with Crippen LogP contribution in [-0.2, 0) is 0 Å². The zero-order valence-electron chi connectivity index (χ0n) is 12.5. The Bertz CT molecular complexity index is 504. The quantitative estimate of drug-likeness (QED) is 0.853. The van der Waals surface area contributed by atoms with E-state index in [0.29, 0.717) is 16.9 Å². The van der Waals surface area contributed by atoms with Crippen LogP contribution in [0.3, 0.4) is 0 Å². The van der Waals surface area contributed by atoms with Gasteiger partial charge in [0.15, 0.2) is 0 Å². The van der Waals surface area contributed by atoms with Gasteiger partial charge in [0.1, 0.15) is 5.82 Å². The average molecular weight is 259 g/mol. The zero-order valence-corrected chi connectivity index (χ0v) is 12.5. The van der Waals surface area contributed by atoms with Crippen molar-refractivity contribution >= 4 is 11.5 Å². The summed E-state index contributed by atoms with van der Waals surface area (Å²) >= 11 is 0. The van der Waals surface area contributed by atoms with Crippen LogP contribution < -0.4 is 11.1 Å². The van der Waals surface area contributed by atoms with Crippen LogP contribution in [-0.4, -0.2) is 11.0 Å². The van der Waals surface area contributed by atoms with E-state index in [1.807, 2.05) is 19.2 Å². The lowest BCUT2D eigenvalue weighted by Gasteiger charge is -2.43. The molecule has 1 aromatic rings. The summed E-state index contributed by atoms with van der Waals surface area (Å²) in [6.07, 6.45) is 5.92. The fraction of sp³-hybridized carbons (Fsp3) is 0.688. The molecule has 2 bridgehead atoms. The highest BCUT2D eigenvalue weighted by Gasteiger charge is 2.59. The van der Waals surface area contributed by atoms with Crippen molar-refractivity contribution in [2.75, 3.05) is 11.1 Å². The van der Waals surface area contributed by atoms with Crippen LogP contribution in [0.25, 0.3) is 0 Å². The Morgan fingerprint density at radius 1 is 1.37 bits per heavy atom. The number of nitrogens with zero attached hydrogens (tertiary/aromatic N) is 1. The summed E-state index contributed by atoms with van der Waals surface area (Å²) in [6, 6.07) is 2.47. The van der Waals surface area contributed by atoms with Crippen molar-refractivity contribution in [3.63, 3.8) is 0 Å². The molecule has 0 radical (unpaired) electrons. The minimum absolute atomic E-state index is 0.342. The minimum Gasteiger partial charge on any atom is -0.398 e. The highest BCUT2D eigenvalue weighted by molar-refractivity contribution is 5.54. The van der Waals surface area contributed by atoms with E-state index in [9.17, 15) is 0 Å². The highest BCUT2D eigenvalue weighted by atomic mass is 15.1. The van der Waals surface area contributed by atoms with Crippen molar-refractivity contribution in [3.8, 4) is 0 Å². The number of nitrogen functional groups attached to an aromatic ring is 1. The average Bonchev–Trinajstić information content (AvgIpc) is 2.80. The molecule has 3 unspecified atom stereocenters. The van der Waals surface area contributed by atoms with Gasteiger partial charge in [0.25, 0.3) is 0 Å². The standard InChI is InChI=1S/C16H25N3/c1-10-9-18-13(7-12(10)17)19-14-15(2,3)11-5-6-16(14,4)8-11/h7,9,11,14H,5-6,8H2,1-4H3,(H3,17,18,19). The van der Waals surface area contributed by atoms with E-state index >= 15 is 0 Å². The maximum atomic E-state index is 5.99. The molecule has 3 nitrogen and oxygen atoms in total. The van der Waals surface area contributed by atoms with Gasteiger partial charge < -0.3 is 11.1 Å². The van der Waals surface area contributed by atoms with E-state index in [2.05, 4.69) is 31.1 Å². The first-order chi connectivity index (χ1) is 8.83. The zero-order chi connectivity index (χ0) is 13.8. The number of hydrogen-bond acceptors (Lipinski definition) is 3. The molecule has 19 heavy (non-hydrogen) atoms. The van der Waals surface area contributed by atoms with Crippen molar-refractivity contribution in [3.05, 3.63) is 17.8 Å². The van der Waals surface area contributed by atoms with Crippen molar-refractivity contribution in [1.82, 2.24) is 4.98 Å². The van der Waals surface area contributed by atoms with Crippen molar-refractivity contribution in [2.24, 2.45) is 16.7 Å². The molecule has 0 spiro atoms. The van der Waals surface area contributed by atoms with Gasteiger partial charge in [-0.15, -0.1) is 0 Å². The summed E-state index contributed by atoms with van der Waals surface area (Å²) in [7, 11) is 0. The van der Waals surface area contributed by atoms with Crippen LogP contribution in [0.4, 0.5) is 11.5 Å². The minimum atomic E-state index is 0.342. The summed E-state index contributed by atoms with van der Waals surface area (Å²) in [5.74, 6) is 1.77. The van der Waals surface area contributed by atoms with Crippen molar-refractivity contribution in [2.45, 2.75) is 53.0 Å². The predicted molar refractivity (Wildman–Crippen MR) is 80.0 cm³/mol. The molecule has 104 valence electrons. The van der Waals surface area contributed by atoms with Gasteiger partial charge in [0, 0.05) is 24.0 Å². The van der Waals surface area contributed by atoms with Crippen LogP contribution in [0, 0.1) is 23.7 Å². The fourth-order valence-corrected chi connectivity index (χ4v) is 4.43. The molecule has 2 aliphatic rings. The Morgan fingerprint density at radius 3 is 2.68 bits per heavy atom. The van der Waals surface area contributed by atoms with Crippen molar-refractivity contribution in [1.29, 1.82) is 0 Å². The molecule has 0 amide bonds. The lowest BCUT2D eigenvalue weighted by molar-refractivity contribution is 0.155. The SMILES string of the molecule is Cc1cnc(NC2C3(C)CCC(C3)C2(C)C)cc1N. The maximum Gasteiger partial charge on any atom is 0.128 e. The molecule has 3 atom stereocenters. The molecule has 0 aromatic carbocycles. The van der Waals surface area contributed by atoms with Crippen LogP contribution in [0.15, 0.2) is 12.3 Å². The summed E-state index contributed by atoms with van der Waals surface area (Å²) < 4.78 is 0. The van der Waals surface area contributed by atoms with Crippen LogP contribution in [0.2, 0.25) is 0 Å². The first kappa shape index (κ1) is 12.8. The number of aryl methyl sites for hydroxylation is 1. The van der Waals surface area contributed by atoms with Gasteiger partial charge in [-0.1, -0.05) is 20.8 Å². The van der Waals surface area contributed by atoms with Gasteiger partial charge >= 0.3 is 0 Å². The van der Waals surface area contributed by atoms with Gasteiger partial charge in [-0.05, 0) is 48.5 Å². The number of hydrogen-bond donors (Lipinski definition) is 2. The molecule has 1 aromatic heterocycles. The van der Waals surface area contributed by atoms with E-state index in [1.54, 1.807) is 0 Å². The second-order valence-electron chi connectivity index (χ2n) is 7.42. The Morgan fingerprint density at radius 2 is 2.11 bits per heavy atom. The number of rotatable bonds is 2. The monoisotopic (exact) mass is 259 g/mol. The Labute approximate surface area is 116 Å². The molecular weight excluding hydrogens is 234 g/mol. The number of aromatic nitrogens is 1. The summed E-state index contributed by atoms with van der Waals surface area (Å²) in [6.45, 7) is 9.22. The number of anilines is 2. The fourth-order valence-electron chi connectivity index (χ4n) is 4.43. The van der Waals surface area contributed by atoms with E-state index in [1.165, 1.54) is 19.3 Å². The topological polar surface area (TPSA) is 50.9 Å². The summed E-state index contributed by atoms with van der Waals surface area (Å²) in [4.78, 5) is 4.49. The first-order valence-corrected chi connectivity index (χ1v) is 7.31. The Kier molecular flexibility index (Phi) is 2.60. The third-order valence-corrected chi connectivity index (χ3v) is 5.71. The predicted octanol–water partition coefficient (Wildman–Crippen LogP) is 3.60. The highest BCUT2D eigenvalue weighted by Crippen LogP contribution is 2.63. The van der Waals surface area contributed by atoms with Crippen LogP contribution >= 0.6 is 0 Å². The lowest BCUT2D eigenvalue weighted by Crippen LogP contribution is -2.45. The molecule has 2 saturated carbocycles. The molecule has 3 heteroatoms. The van der Waals surface area contributed by atoms with Gasteiger partial charge in [-0.3, -0.25) is 0 Å². The molecule has 2 fully saturated rings. The van der Waals surface area contributed by atoms with Gasteiger partial charge in [-0.25, -0.2) is 4.98 Å². The van der Waals surface area contributed by atoms with E-state index in [0.717, 1.165) is 23.0 Å². The largest absolute Gasteiger partial charge is 0.398 e. The maximum absolute atomic E-state index is 5.99. The van der Waals surface area contributed by atoms with E-state index in [4.69, 9.17) is 5.73 Å². The summed E-state index contributed by atoms with van der Waals surface area (Å²) in [5.41, 5.74) is 8.61. The Hall–Kier alpha value is -1.25. The lowest BCUT2D eigenvalue weighted by atomic mass is 9.68. The van der Waals surface area contributed by atoms with Gasteiger partial charge in [-0.2, -0.15) is 0 Å². The van der Waals surface area contributed by atoms with Crippen molar-refractivity contribution < 1.29 is 0 Å². The molecule has 0 saturated heterocycles. The number of nitrogens with one attached hydrogen (secondary N) is 1. The van der Waals surface area contributed by atoms with Gasteiger partial charge in [0.05, 0.1) is 0 Å². The molecule has 0 aliphatic heterocycles. The number of pyridine rings is 1. The smallest absolute Gasteiger partial charge is 0.128 e. The third-order valence-electron chi connectivity index (χ3n) is 5.71. The van der Waals surface area contributed by atoms with E-state index in [-0.39, 0.29) is 0 Å². The van der Waals surface area contributed by atoms with Crippen LogP contribution in [0.5, 0.6) is 0 Å². The number of fused-ring (bicyclic) bond motifs is 2. The second-order valence-corrected chi connectivity index (χ2v) is 7.42. The molecular formula is C16H25N3. The molecule has 2 aliphatic carbocycles.